The number of hydrogen-bond acceptors (Lipinski definition) is 4. The molecule has 1 atom stereocenters. The van der Waals surface area contributed by atoms with Gasteiger partial charge in [0.25, 0.3) is 5.91 Å². The molecule has 4 nitrogen and oxygen atoms in total. The molecule has 4 rings (SSSR count). The normalized spacial score (nSPS) is 16.8. The Labute approximate surface area is 154 Å². The SMILES string of the molecule is NC1N=C(c2ccccc2F)c2ccccc2N(Cc2ccsc2)C1=O. The second-order valence-electron chi connectivity index (χ2n) is 5.98. The number of anilines is 1. The van der Waals surface area contributed by atoms with Gasteiger partial charge in [0.1, 0.15) is 5.82 Å². The van der Waals surface area contributed by atoms with Crippen molar-refractivity contribution in [1.82, 2.24) is 0 Å². The fraction of sp³-hybridized carbons (Fsp3) is 0.100. The van der Waals surface area contributed by atoms with E-state index in [0.29, 0.717) is 29.1 Å². The highest BCUT2D eigenvalue weighted by Crippen LogP contribution is 2.30. The van der Waals surface area contributed by atoms with Gasteiger partial charge in [0.05, 0.1) is 17.9 Å². The highest BCUT2D eigenvalue weighted by Gasteiger charge is 2.30. The van der Waals surface area contributed by atoms with E-state index in [2.05, 4.69) is 4.99 Å². The van der Waals surface area contributed by atoms with Crippen molar-refractivity contribution < 1.29 is 9.18 Å². The minimum Gasteiger partial charge on any atom is -0.304 e. The van der Waals surface area contributed by atoms with Gasteiger partial charge < -0.3 is 10.6 Å². The van der Waals surface area contributed by atoms with E-state index in [4.69, 9.17) is 5.73 Å². The summed E-state index contributed by atoms with van der Waals surface area (Å²) in [5.74, 6) is -0.707. The standard InChI is InChI=1S/C20H16FN3OS/c21-16-7-3-1-5-14(16)18-15-6-2-4-8-17(15)24(20(25)19(22)23-18)11-13-9-10-26-12-13/h1-10,12,19H,11,22H2. The van der Waals surface area contributed by atoms with Crippen molar-refractivity contribution in [3.8, 4) is 0 Å². The average Bonchev–Trinajstić information content (AvgIpc) is 3.14. The fourth-order valence-corrected chi connectivity index (χ4v) is 3.71. The highest BCUT2D eigenvalue weighted by molar-refractivity contribution is 7.07. The summed E-state index contributed by atoms with van der Waals surface area (Å²) in [7, 11) is 0. The molecule has 2 N–H and O–H groups in total. The van der Waals surface area contributed by atoms with Gasteiger partial charge in [0.2, 0.25) is 0 Å². The van der Waals surface area contributed by atoms with Crippen molar-refractivity contribution in [2.24, 2.45) is 10.7 Å². The Morgan fingerprint density at radius 3 is 2.54 bits per heavy atom. The highest BCUT2D eigenvalue weighted by atomic mass is 32.1. The van der Waals surface area contributed by atoms with E-state index in [-0.39, 0.29) is 5.91 Å². The lowest BCUT2D eigenvalue weighted by molar-refractivity contribution is -0.119. The maximum absolute atomic E-state index is 14.4. The summed E-state index contributed by atoms with van der Waals surface area (Å²) in [5, 5.41) is 3.95. The molecule has 0 radical (unpaired) electrons. The second-order valence-corrected chi connectivity index (χ2v) is 6.76. The molecule has 6 heteroatoms. The molecule has 1 aliphatic rings. The van der Waals surface area contributed by atoms with Gasteiger partial charge in [-0.15, -0.1) is 0 Å². The maximum atomic E-state index is 14.4. The Balaban J connectivity index is 1.88. The number of nitrogens with two attached hydrogens (primary N) is 1. The molecule has 1 amide bonds. The molecule has 2 aromatic carbocycles. The molecular formula is C20H16FN3OS. The molecular weight excluding hydrogens is 349 g/mol. The van der Waals surface area contributed by atoms with Gasteiger partial charge in [-0.3, -0.25) is 9.79 Å². The van der Waals surface area contributed by atoms with Crippen LogP contribution in [0.2, 0.25) is 0 Å². The van der Waals surface area contributed by atoms with E-state index in [1.165, 1.54) is 6.07 Å². The smallest absolute Gasteiger partial charge is 0.266 e. The Hall–Kier alpha value is -2.83. The molecule has 1 unspecified atom stereocenters. The molecule has 26 heavy (non-hydrogen) atoms. The Morgan fingerprint density at radius 2 is 1.81 bits per heavy atom. The minimum atomic E-state index is -1.09. The topological polar surface area (TPSA) is 58.7 Å². The molecule has 130 valence electrons. The fourth-order valence-electron chi connectivity index (χ4n) is 3.05. The largest absolute Gasteiger partial charge is 0.304 e. The van der Waals surface area contributed by atoms with E-state index in [1.54, 1.807) is 34.4 Å². The van der Waals surface area contributed by atoms with Gasteiger partial charge >= 0.3 is 0 Å². The monoisotopic (exact) mass is 365 g/mol. The van der Waals surface area contributed by atoms with Crippen molar-refractivity contribution in [1.29, 1.82) is 0 Å². The molecule has 1 aromatic heterocycles. The van der Waals surface area contributed by atoms with Crippen molar-refractivity contribution in [2.45, 2.75) is 12.7 Å². The number of hydrogen-bond donors (Lipinski definition) is 1. The summed E-state index contributed by atoms with van der Waals surface area (Å²) in [6.45, 7) is 0.396. The quantitative estimate of drug-likeness (QED) is 0.772. The lowest BCUT2D eigenvalue weighted by Gasteiger charge is -2.24. The van der Waals surface area contributed by atoms with Crippen molar-refractivity contribution in [3.05, 3.63) is 87.9 Å². The van der Waals surface area contributed by atoms with Crippen LogP contribution in [0.5, 0.6) is 0 Å². The maximum Gasteiger partial charge on any atom is 0.266 e. The predicted molar refractivity (Wildman–Crippen MR) is 102 cm³/mol. The van der Waals surface area contributed by atoms with Crippen molar-refractivity contribution in [2.75, 3.05) is 4.90 Å². The van der Waals surface area contributed by atoms with Crippen LogP contribution in [-0.4, -0.2) is 17.8 Å². The van der Waals surface area contributed by atoms with Crippen LogP contribution in [0.3, 0.4) is 0 Å². The number of benzene rings is 2. The van der Waals surface area contributed by atoms with Gasteiger partial charge in [0, 0.05) is 11.1 Å². The summed E-state index contributed by atoms with van der Waals surface area (Å²) < 4.78 is 14.4. The minimum absolute atomic E-state index is 0.310. The number of nitrogens with zero attached hydrogens (tertiary/aromatic N) is 2. The molecule has 0 spiro atoms. The van der Waals surface area contributed by atoms with Crippen LogP contribution in [0.25, 0.3) is 0 Å². The van der Waals surface area contributed by atoms with Crippen LogP contribution in [0.15, 0.2) is 70.3 Å². The molecule has 3 aromatic rings. The molecule has 2 heterocycles. The molecule has 0 bridgehead atoms. The zero-order valence-electron chi connectivity index (χ0n) is 13.8. The van der Waals surface area contributed by atoms with Gasteiger partial charge in [-0.1, -0.05) is 30.3 Å². The molecule has 0 saturated carbocycles. The summed E-state index contributed by atoms with van der Waals surface area (Å²) in [4.78, 5) is 18.9. The Bertz CT molecular complexity index is 984. The molecule has 1 aliphatic heterocycles. The first-order valence-electron chi connectivity index (χ1n) is 8.15. The Kier molecular flexibility index (Phi) is 4.36. The third-order valence-corrected chi connectivity index (χ3v) is 5.02. The number of para-hydroxylation sites is 1. The van der Waals surface area contributed by atoms with Crippen LogP contribution >= 0.6 is 11.3 Å². The van der Waals surface area contributed by atoms with Crippen LogP contribution in [0.1, 0.15) is 16.7 Å². The van der Waals surface area contributed by atoms with Crippen LogP contribution < -0.4 is 10.6 Å². The number of rotatable bonds is 3. The third-order valence-electron chi connectivity index (χ3n) is 4.29. The van der Waals surface area contributed by atoms with Gasteiger partial charge in [-0.25, -0.2) is 4.39 Å². The van der Waals surface area contributed by atoms with E-state index < -0.39 is 12.0 Å². The van der Waals surface area contributed by atoms with Gasteiger partial charge in [-0.2, -0.15) is 11.3 Å². The third kappa shape index (κ3) is 2.94. The van der Waals surface area contributed by atoms with Crippen molar-refractivity contribution in [3.63, 3.8) is 0 Å². The number of fused-ring (bicyclic) bond motifs is 1. The summed E-state index contributed by atoms with van der Waals surface area (Å²) in [6.07, 6.45) is -1.09. The number of benzodiazepines with no additional fused rings is 1. The first kappa shape index (κ1) is 16.6. The molecule has 0 aliphatic carbocycles. The number of carbonyl (C=O) groups excluding carboxylic acids is 1. The lowest BCUT2D eigenvalue weighted by Crippen LogP contribution is -2.41. The summed E-state index contributed by atoms with van der Waals surface area (Å²) >= 11 is 1.57. The van der Waals surface area contributed by atoms with Crippen LogP contribution in [0.4, 0.5) is 10.1 Å². The number of amides is 1. The number of aliphatic imine (C=N–C) groups is 1. The lowest BCUT2D eigenvalue weighted by atomic mass is 9.99. The van der Waals surface area contributed by atoms with Gasteiger partial charge in [-0.05, 0) is 40.6 Å². The molecule has 0 saturated heterocycles. The van der Waals surface area contributed by atoms with E-state index in [1.807, 2.05) is 41.1 Å². The van der Waals surface area contributed by atoms with Crippen LogP contribution in [-0.2, 0) is 11.3 Å². The predicted octanol–water partition coefficient (Wildman–Crippen LogP) is 3.56. The van der Waals surface area contributed by atoms with E-state index >= 15 is 0 Å². The van der Waals surface area contributed by atoms with Crippen LogP contribution in [0, 0.1) is 5.82 Å². The van der Waals surface area contributed by atoms with E-state index in [9.17, 15) is 9.18 Å². The summed E-state index contributed by atoms with van der Waals surface area (Å²) in [5.41, 5.74) is 9.17. The Morgan fingerprint density at radius 1 is 1.08 bits per heavy atom. The number of halogens is 1. The zero-order valence-corrected chi connectivity index (χ0v) is 14.6. The first-order valence-corrected chi connectivity index (χ1v) is 9.09. The zero-order chi connectivity index (χ0) is 18.1. The van der Waals surface area contributed by atoms with Gasteiger partial charge in [0.15, 0.2) is 6.17 Å². The second kappa shape index (κ2) is 6.82. The van der Waals surface area contributed by atoms with Crippen molar-refractivity contribution >= 4 is 28.6 Å². The first-order chi connectivity index (χ1) is 12.6. The molecule has 0 fully saturated rings. The number of carbonyl (C=O) groups is 1. The number of thiophene rings is 1. The average molecular weight is 365 g/mol. The summed E-state index contributed by atoms with van der Waals surface area (Å²) in [6, 6.07) is 15.7. The van der Waals surface area contributed by atoms with E-state index in [0.717, 1.165) is 5.56 Å².